The summed E-state index contributed by atoms with van der Waals surface area (Å²) in [5.41, 5.74) is 5.33. The minimum absolute atomic E-state index is 0.343. The Bertz CT molecular complexity index is 953. The van der Waals surface area contributed by atoms with Crippen LogP contribution in [0.15, 0.2) is 42.6 Å². The smallest absolute Gasteiger partial charge is 0.161 e. The average molecular weight is 397 g/mol. The number of hydrogen-bond donors (Lipinski definition) is 1. The molecule has 0 spiro atoms. The summed E-state index contributed by atoms with van der Waals surface area (Å²) < 4.78 is 11.2. The van der Waals surface area contributed by atoms with Gasteiger partial charge in [-0.1, -0.05) is 18.2 Å². The molecule has 4 rings (SSSR count). The second-order valence-electron chi connectivity index (χ2n) is 7.26. The lowest BCUT2D eigenvalue weighted by molar-refractivity contribution is 0.195. The van der Waals surface area contributed by atoms with Crippen molar-refractivity contribution in [3.05, 3.63) is 59.3 Å². The predicted molar refractivity (Wildman–Crippen MR) is 118 cm³/mol. The Balaban J connectivity index is 1.74. The lowest BCUT2D eigenvalue weighted by Gasteiger charge is -2.38. The highest BCUT2D eigenvalue weighted by Gasteiger charge is 2.29. The van der Waals surface area contributed by atoms with E-state index in [1.807, 2.05) is 11.8 Å². The number of thioether (sulfide) groups is 1. The summed E-state index contributed by atoms with van der Waals surface area (Å²) >= 11 is 1.91. The summed E-state index contributed by atoms with van der Waals surface area (Å²) in [6, 6.07) is 13.3. The molecule has 1 N–H and O–H groups in total. The number of para-hydroxylation sites is 1. The first kappa shape index (κ1) is 19.2. The molecule has 1 unspecified atom stereocenters. The van der Waals surface area contributed by atoms with E-state index in [9.17, 15) is 0 Å². The van der Waals surface area contributed by atoms with Crippen molar-refractivity contribution in [1.29, 1.82) is 0 Å². The Morgan fingerprint density at radius 1 is 1.14 bits per heavy atom. The lowest BCUT2D eigenvalue weighted by Crippen LogP contribution is -2.38. The number of ether oxygens (including phenoxy) is 2. The fraction of sp³-hybridized carbons (Fsp3) is 0.391. The second kappa shape index (κ2) is 8.50. The SMILES string of the molecule is COc1cc2c(cc1OC)C(Cc1c[nH]c3ccccc13)N(CCSC)CC2. The maximum atomic E-state index is 5.62. The normalized spacial score (nSPS) is 16.9. The molecule has 0 saturated heterocycles. The molecule has 0 fully saturated rings. The first-order chi connectivity index (χ1) is 13.7. The summed E-state index contributed by atoms with van der Waals surface area (Å²) in [5.74, 6) is 2.79. The average Bonchev–Trinajstić information content (AvgIpc) is 3.15. The van der Waals surface area contributed by atoms with Crippen molar-refractivity contribution in [2.75, 3.05) is 39.3 Å². The van der Waals surface area contributed by atoms with Gasteiger partial charge in [0.05, 0.1) is 14.2 Å². The summed E-state index contributed by atoms with van der Waals surface area (Å²) in [7, 11) is 3.43. The Morgan fingerprint density at radius 3 is 2.71 bits per heavy atom. The van der Waals surface area contributed by atoms with Gasteiger partial charge in [0.1, 0.15) is 0 Å². The molecule has 5 heteroatoms. The van der Waals surface area contributed by atoms with Crippen LogP contribution in [0.4, 0.5) is 0 Å². The van der Waals surface area contributed by atoms with Crippen molar-refractivity contribution in [1.82, 2.24) is 9.88 Å². The molecule has 2 heterocycles. The third kappa shape index (κ3) is 3.61. The monoisotopic (exact) mass is 396 g/mol. The highest BCUT2D eigenvalue weighted by molar-refractivity contribution is 7.98. The van der Waals surface area contributed by atoms with E-state index in [4.69, 9.17) is 9.47 Å². The molecular formula is C23H28N2O2S. The van der Waals surface area contributed by atoms with E-state index in [0.29, 0.717) is 6.04 Å². The zero-order chi connectivity index (χ0) is 19.5. The van der Waals surface area contributed by atoms with E-state index in [1.165, 1.54) is 27.6 Å². The van der Waals surface area contributed by atoms with Crippen LogP contribution in [0.2, 0.25) is 0 Å². The van der Waals surface area contributed by atoms with Crippen molar-refractivity contribution < 1.29 is 9.47 Å². The molecule has 1 aromatic heterocycles. The Morgan fingerprint density at radius 2 is 1.93 bits per heavy atom. The van der Waals surface area contributed by atoms with Crippen LogP contribution in [-0.4, -0.2) is 49.2 Å². The zero-order valence-corrected chi connectivity index (χ0v) is 17.6. The molecule has 0 radical (unpaired) electrons. The Hall–Kier alpha value is -2.11. The van der Waals surface area contributed by atoms with Crippen LogP contribution in [0.25, 0.3) is 10.9 Å². The Kier molecular flexibility index (Phi) is 5.83. The molecule has 0 amide bonds. The van der Waals surface area contributed by atoms with Gasteiger partial charge in [-0.2, -0.15) is 11.8 Å². The number of H-pyrrole nitrogens is 1. The summed E-state index contributed by atoms with van der Waals surface area (Å²) in [6.07, 6.45) is 6.39. The van der Waals surface area contributed by atoms with Gasteiger partial charge in [-0.25, -0.2) is 0 Å². The minimum atomic E-state index is 0.343. The summed E-state index contributed by atoms with van der Waals surface area (Å²) in [5, 5.41) is 1.32. The molecule has 4 nitrogen and oxygen atoms in total. The van der Waals surface area contributed by atoms with Crippen LogP contribution < -0.4 is 9.47 Å². The zero-order valence-electron chi connectivity index (χ0n) is 16.8. The third-order valence-electron chi connectivity index (χ3n) is 5.78. The molecule has 0 bridgehead atoms. The van der Waals surface area contributed by atoms with Crippen LogP contribution in [0.1, 0.15) is 22.7 Å². The molecule has 1 aliphatic heterocycles. The van der Waals surface area contributed by atoms with Gasteiger partial charge in [-0.15, -0.1) is 0 Å². The molecular weight excluding hydrogens is 368 g/mol. The quantitative estimate of drug-likeness (QED) is 0.629. The third-order valence-corrected chi connectivity index (χ3v) is 6.38. The van der Waals surface area contributed by atoms with Crippen LogP contribution in [0, 0.1) is 0 Å². The first-order valence-electron chi connectivity index (χ1n) is 9.78. The number of methoxy groups -OCH3 is 2. The van der Waals surface area contributed by atoms with E-state index in [-0.39, 0.29) is 0 Å². The number of nitrogens with zero attached hydrogens (tertiary/aromatic N) is 1. The van der Waals surface area contributed by atoms with Crippen LogP contribution in [0.3, 0.4) is 0 Å². The maximum absolute atomic E-state index is 5.62. The van der Waals surface area contributed by atoms with Gasteiger partial charge in [-0.05, 0) is 54.0 Å². The van der Waals surface area contributed by atoms with Crippen LogP contribution in [0.5, 0.6) is 11.5 Å². The standard InChI is InChI=1S/C23H28N2O2S/c1-26-22-13-16-8-9-25(10-11-28-3)21(19(16)14-23(22)27-2)12-17-15-24-20-7-5-4-6-18(17)20/h4-7,13-15,21,24H,8-12H2,1-3H3. The van der Waals surface area contributed by atoms with Crippen LogP contribution >= 0.6 is 11.8 Å². The van der Waals surface area contributed by atoms with E-state index in [2.05, 4.69) is 58.7 Å². The van der Waals surface area contributed by atoms with Crippen molar-refractivity contribution in [3.8, 4) is 11.5 Å². The molecule has 3 aromatic rings. The van der Waals surface area contributed by atoms with Gasteiger partial charge < -0.3 is 14.5 Å². The number of nitrogens with one attached hydrogen (secondary N) is 1. The number of rotatable bonds is 7. The number of hydrogen-bond acceptors (Lipinski definition) is 4. The molecule has 2 aromatic carbocycles. The fourth-order valence-electron chi connectivity index (χ4n) is 4.30. The second-order valence-corrected chi connectivity index (χ2v) is 8.25. The molecule has 0 saturated carbocycles. The largest absolute Gasteiger partial charge is 0.493 e. The number of benzene rings is 2. The van der Waals surface area contributed by atoms with Crippen molar-refractivity contribution in [2.45, 2.75) is 18.9 Å². The van der Waals surface area contributed by atoms with Gasteiger partial charge in [0.15, 0.2) is 11.5 Å². The first-order valence-corrected chi connectivity index (χ1v) is 11.2. The van der Waals surface area contributed by atoms with Gasteiger partial charge in [0.25, 0.3) is 0 Å². The molecule has 148 valence electrons. The predicted octanol–water partition coefficient (Wildman–Crippen LogP) is 4.69. The molecule has 28 heavy (non-hydrogen) atoms. The van der Waals surface area contributed by atoms with E-state index in [0.717, 1.165) is 43.2 Å². The van der Waals surface area contributed by atoms with Crippen LogP contribution in [-0.2, 0) is 12.8 Å². The topological polar surface area (TPSA) is 37.5 Å². The highest BCUT2D eigenvalue weighted by Crippen LogP contribution is 2.40. The lowest BCUT2D eigenvalue weighted by atomic mass is 9.88. The Labute approximate surface area is 171 Å². The van der Waals surface area contributed by atoms with E-state index in [1.54, 1.807) is 14.2 Å². The highest BCUT2D eigenvalue weighted by atomic mass is 32.2. The molecule has 1 aliphatic rings. The van der Waals surface area contributed by atoms with Gasteiger partial charge in [-0.3, -0.25) is 4.90 Å². The fourth-order valence-corrected chi connectivity index (χ4v) is 4.72. The number of fused-ring (bicyclic) bond motifs is 2. The van der Waals surface area contributed by atoms with Crippen molar-refractivity contribution in [2.24, 2.45) is 0 Å². The van der Waals surface area contributed by atoms with Crippen molar-refractivity contribution in [3.63, 3.8) is 0 Å². The number of aromatic amines is 1. The maximum Gasteiger partial charge on any atom is 0.161 e. The summed E-state index contributed by atoms with van der Waals surface area (Å²) in [4.78, 5) is 6.06. The summed E-state index contributed by atoms with van der Waals surface area (Å²) in [6.45, 7) is 2.18. The minimum Gasteiger partial charge on any atom is -0.493 e. The van der Waals surface area contributed by atoms with Gasteiger partial charge >= 0.3 is 0 Å². The van der Waals surface area contributed by atoms with E-state index < -0.39 is 0 Å². The van der Waals surface area contributed by atoms with Gasteiger partial charge in [0, 0.05) is 42.0 Å². The number of aromatic nitrogens is 1. The van der Waals surface area contributed by atoms with Crippen molar-refractivity contribution >= 4 is 22.7 Å². The van der Waals surface area contributed by atoms with Gasteiger partial charge in [0.2, 0.25) is 0 Å². The van der Waals surface area contributed by atoms with E-state index >= 15 is 0 Å². The molecule has 0 aliphatic carbocycles. The molecule has 1 atom stereocenters.